The quantitative estimate of drug-likeness (QED) is 0.398. The minimum Gasteiger partial charge on any atom is -0.351 e. The molecule has 2 aliphatic rings. The Morgan fingerprint density at radius 3 is 2.51 bits per heavy atom. The number of benzene rings is 2. The van der Waals surface area contributed by atoms with Gasteiger partial charge in [0.1, 0.15) is 0 Å². The van der Waals surface area contributed by atoms with Gasteiger partial charge in [-0.2, -0.15) is 13.2 Å². The van der Waals surface area contributed by atoms with Gasteiger partial charge in [0.25, 0.3) is 5.91 Å². The number of piperidine rings is 2. The van der Waals surface area contributed by atoms with Crippen LogP contribution in [0.2, 0.25) is 10.0 Å². The van der Waals surface area contributed by atoms with Crippen LogP contribution in [0, 0.1) is 0 Å². The second kappa shape index (κ2) is 13.7. The van der Waals surface area contributed by atoms with Gasteiger partial charge in [-0.1, -0.05) is 36.5 Å². The summed E-state index contributed by atoms with van der Waals surface area (Å²) in [7, 11) is -2.52. The van der Waals surface area contributed by atoms with E-state index in [4.69, 9.17) is 23.2 Å². The Hall–Kier alpha value is -2.38. The van der Waals surface area contributed by atoms with E-state index in [0.29, 0.717) is 25.9 Å². The van der Waals surface area contributed by atoms with Crippen molar-refractivity contribution >= 4 is 50.5 Å². The van der Waals surface area contributed by atoms with Gasteiger partial charge in [-0.15, -0.1) is 0 Å². The average molecular weight is 664 g/mol. The molecule has 4 rings (SSSR count). The van der Waals surface area contributed by atoms with Crippen molar-refractivity contribution in [2.75, 3.05) is 37.3 Å². The molecule has 2 N–H and O–H groups in total. The molecule has 0 saturated carbocycles. The molecule has 0 bridgehead atoms. The molecule has 0 radical (unpaired) electrons. The molecule has 2 amide bonds. The van der Waals surface area contributed by atoms with E-state index in [0.717, 1.165) is 36.8 Å². The van der Waals surface area contributed by atoms with Gasteiger partial charge in [0, 0.05) is 41.8 Å². The van der Waals surface area contributed by atoms with E-state index in [2.05, 4.69) is 10.6 Å². The minimum absolute atomic E-state index is 0.0575. The fraction of sp³-hybridized carbons (Fsp3) is 0.517. The zero-order chi connectivity index (χ0) is 31.5. The fourth-order valence-electron chi connectivity index (χ4n) is 5.57. The van der Waals surface area contributed by atoms with E-state index >= 15 is 0 Å². The Morgan fingerprint density at radius 2 is 1.86 bits per heavy atom. The second-order valence-electron chi connectivity index (χ2n) is 10.9. The lowest BCUT2D eigenvalue weighted by Gasteiger charge is -2.35. The normalized spacial score (nSPS) is 20.1. The summed E-state index contributed by atoms with van der Waals surface area (Å²) in [6.07, 6.45) is -0.685. The lowest BCUT2D eigenvalue weighted by atomic mass is 9.99. The predicted octanol–water partition coefficient (Wildman–Crippen LogP) is 5.31. The van der Waals surface area contributed by atoms with E-state index in [1.54, 1.807) is 0 Å². The fourth-order valence-corrected chi connectivity index (χ4v) is 7.11. The molecule has 236 valence electrons. The molecular weight excluding hydrogens is 628 g/mol. The summed E-state index contributed by atoms with van der Waals surface area (Å²) >= 11 is 12.5. The number of anilines is 1. The van der Waals surface area contributed by atoms with Gasteiger partial charge >= 0.3 is 6.18 Å². The zero-order valence-electron chi connectivity index (χ0n) is 23.9. The molecule has 2 fully saturated rings. The number of hydrogen-bond acceptors (Lipinski definition) is 6. The van der Waals surface area contributed by atoms with Crippen molar-refractivity contribution in [3.8, 4) is 0 Å². The highest BCUT2D eigenvalue weighted by atomic mass is 35.5. The lowest BCUT2D eigenvalue weighted by molar-refractivity contribution is -0.138. The number of nitrogens with one attached hydrogen (secondary N) is 2. The van der Waals surface area contributed by atoms with Crippen molar-refractivity contribution < 1.29 is 31.2 Å². The van der Waals surface area contributed by atoms with Gasteiger partial charge in [-0.05, 0) is 74.7 Å². The largest absolute Gasteiger partial charge is 0.416 e. The first-order valence-electron chi connectivity index (χ1n) is 14.2. The molecule has 0 aliphatic carbocycles. The van der Waals surface area contributed by atoms with E-state index < -0.39 is 27.5 Å². The van der Waals surface area contributed by atoms with Crippen LogP contribution in [0.5, 0.6) is 0 Å². The van der Waals surface area contributed by atoms with E-state index in [1.807, 2.05) is 4.90 Å². The highest BCUT2D eigenvalue weighted by Gasteiger charge is 2.37. The van der Waals surface area contributed by atoms with Gasteiger partial charge in [-0.3, -0.25) is 14.5 Å². The molecule has 8 nitrogen and oxygen atoms in total. The van der Waals surface area contributed by atoms with Crippen molar-refractivity contribution in [2.45, 2.75) is 68.7 Å². The maximum Gasteiger partial charge on any atom is 0.416 e. The third kappa shape index (κ3) is 8.02. The topological polar surface area (TPSA) is 98.8 Å². The minimum atomic E-state index is -4.82. The number of alkyl halides is 3. The summed E-state index contributed by atoms with van der Waals surface area (Å²) in [6.45, 7) is 2.98. The van der Waals surface area contributed by atoms with Crippen molar-refractivity contribution in [2.24, 2.45) is 0 Å². The highest BCUT2D eigenvalue weighted by Crippen LogP contribution is 2.38. The predicted molar refractivity (Wildman–Crippen MR) is 160 cm³/mol. The van der Waals surface area contributed by atoms with E-state index in [9.17, 15) is 31.2 Å². The first kappa shape index (κ1) is 33.5. The first-order valence-corrected chi connectivity index (χ1v) is 16.6. The summed E-state index contributed by atoms with van der Waals surface area (Å²) in [6, 6.07) is 5.35. The number of sulfone groups is 1. The van der Waals surface area contributed by atoms with Gasteiger partial charge < -0.3 is 15.5 Å². The third-order valence-corrected chi connectivity index (χ3v) is 10.3. The molecule has 14 heteroatoms. The van der Waals surface area contributed by atoms with E-state index in [1.165, 1.54) is 38.2 Å². The molecule has 0 spiro atoms. The average Bonchev–Trinajstić information content (AvgIpc) is 2.97. The molecule has 2 atom stereocenters. The smallest absolute Gasteiger partial charge is 0.351 e. The molecule has 2 aliphatic heterocycles. The molecule has 0 aromatic heterocycles. The number of rotatable bonds is 8. The Bertz CT molecular complexity index is 1470. The summed E-state index contributed by atoms with van der Waals surface area (Å²) in [5.41, 5.74) is -1.64. The van der Waals surface area contributed by atoms with Gasteiger partial charge in [-0.25, -0.2) is 8.42 Å². The number of carbonyl (C=O) groups excluding carboxylic acids is 2. The van der Waals surface area contributed by atoms with Crippen molar-refractivity contribution in [1.29, 1.82) is 0 Å². The number of hydrogen-bond donors (Lipinski definition) is 2. The summed E-state index contributed by atoms with van der Waals surface area (Å²) < 4.78 is 68.4. The van der Waals surface area contributed by atoms with Crippen LogP contribution in [0.1, 0.15) is 60.5 Å². The number of amides is 2. The Labute approximate surface area is 259 Å². The highest BCUT2D eigenvalue weighted by molar-refractivity contribution is 7.91. The van der Waals surface area contributed by atoms with Crippen LogP contribution in [0.4, 0.5) is 18.9 Å². The van der Waals surface area contributed by atoms with Gasteiger partial charge in [0.2, 0.25) is 5.91 Å². The molecule has 43 heavy (non-hydrogen) atoms. The molecule has 2 heterocycles. The third-order valence-electron chi connectivity index (χ3n) is 7.91. The van der Waals surface area contributed by atoms with Crippen LogP contribution >= 0.6 is 23.2 Å². The lowest BCUT2D eigenvalue weighted by Crippen LogP contribution is -2.53. The number of likely N-dealkylation sites (tertiary alicyclic amines) is 1. The maximum absolute atomic E-state index is 14.4. The van der Waals surface area contributed by atoms with Crippen LogP contribution in [0.15, 0.2) is 35.2 Å². The Balaban J connectivity index is 1.58. The summed E-state index contributed by atoms with van der Waals surface area (Å²) in [4.78, 5) is 28.8. The van der Waals surface area contributed by atoms with Gasteiger partial charge in [0.15, 0.2) is 9.84 Å². The number of nitrogens with zero attached hydrogens (tertiary/aromatic N) is 2. The standard InChI is InChI=1S/C29H35Cl2F3N4O4S/c1-3-43(41,42)26-10-9-19(30)15-25(26)37(2)28(40)18-13-22(29(32,33)34)21(23(31)14-18)17-38-12-6-7-20(16-38)36-27(39)24-8-4-5-11-35-24/h9-10,13-15,20,24,35H,3-8,11-12,16-17H2,1-2H3,(H,36,39)/t20-,24+/m0/s1. The molecule has 0 unspecified atom stereocenters. The molecule has 2 aromatic rings. The maximum atomic E-state index is 14.4. The summed E-state index contributed by atoms with van der Waals surface area (Å²) in [5.74, 6) is -1.23. The molecule has 2 aromatic carbocycles. The Kier molecular flexibility index (Phi) is 10.7. The van der Waals surface area contributed by atoms with Crippen molar-refractivity contribution in [1.82, 2.24) is 15.5 Å². The second-order valence-corrected chi connectivity index (χ2v) is 14.0. The Morgan fingerprint density at radius 1 is 1.12 bits per heavy atom. The van der Waals surface area contributed by atoms with Crippen molar-refractivity contribution in [3.05, 3.63) is 57.1 Å². The van der Waals surface area contributed by atoms with Crippen LogP contribution in [0.25, 0.3) is 0 Å². The SMILES string of the molecule is CCS(=O)(=O)c1ccc(Cl)cc1N(C)C(=O)c1cc(Cl)c(CN2CCC[C@H](NC(=O)[C@H]3CCCCN3)C2)c(C(F)(F)F)c1. The van der Waals surface area contributed by atoms with Crippen LogP contribution in [0.3, 0.4) is 0 Å². The molecular formula is C29H35Cl2F3N4O4S. The van der Waals surface area contributed by atoms with Gasteiger partial charge in [0.05, 0.1) is 27.9 Å². The zero-order valence-corrected chi connectivity index (χ0v) is 26.3. The first-order chi connectivity index (χ1) is 20.2. The van der Waals surface area contributed by atoms with E-state index in [-0.39, 0.29) is 62.0 Å². The monoisotopic (exact) mass is 662 g/mol. The number of carbonyl (C=O) groups is 2. The summed E-state index contributed by atoms with van der Waals surface area (Å²) in [5, 5.41) is 6.16. The van der Waals surface area contributed by atoms with Crippen molar-refractivity contribution in [3.63, 3.8) is 0 Å². The number of halogens is 5. The van der Waals surface area contributed by atoms with Crippen LogP contribution < -0.4 is 15.5 Å². The van der Waals surface area contributed by atoms with Crippen LogP contribution in [-0.4, -0.2) is 69.7 Å². The molecule has 2 saturated heterocycles. The van der Waals surface area contributed by atoms with Crippen LogP contribution in [-0.2, 0) is 27.4 Å².